The lowest BCUT2D eigenvalue weighted by atomic mass is 10.1. The summed E-state index contributed by atoms with van der Waals surface area (Å²) in [5, 5.41) is 8.85. The van der Waals surface area contributed by atoms with Crippen molar-refractivity contribution in [2.24, 2.45) is 0 Å². The van der Waals surface area contributed by atoms with Crippen LogP contribution in [-0.2, 0) is 4.74 Å². The van der Waals surface area contributed by atoms with Crippen molar-refractivity contribution in [1.29, 1.82) is 5.26 Å². The third kappa shape index (κ3) is 5.11. The molecule has 0 atom stereocenters. The van der Waals surface area contributed by atoms with Crippen molar-refractivity contribution in [2.45, 2.75) is 33.3 Å². The Kier molecular flexibility index (Phi) is 5.08. The van der Waals surface area contributed by atoms with Gasteiger partial charge in [-0.25, -0.2) is 0 Å². The third-order valence-electron chi connectivity index (χ3n) is 2.37. The molecule has 0 bridgehead atoms. The van der Waals surface area contributed by atoms with Crippen LogP contribution in [-0.4, -0.2) is 24.6 Å². The van der Waals surface area contributed by atoms with Crippen LogP contribution in [0.1, 0.15) is 43.6 Å². The predicted molar refractivity (Wildman–Crippen MR) is 72.4 cm³/mol. The molecule has 0 amide bonds. The summed E-state index contributed by atoms with van der Waals surface area (Å²) in [7, 11) is 0. The number of ether oxygens (including phenoxy) is 2. The van der Waals surface area contributed by atoms with E-state index in [1.165, 1.54) is 6.92 Å². The zero-order valence-electron chi connectivity index (χ0n) is 11.8. The molecule has 1 aromatic rings. The molecule has 0 heterocycles. The molecule has 1 aromatic carbocycles. The third-order valence-corrected chi connectivity index (χ3v) is 2.37. The average molecular weight is 261 g/mol. The van der Waals surface area contributed by atoms with Crippen molar-refractivity contribution in [3.05, 3.63) is 29.3 Å². The Morgan fingerprint density at radius 2 is 2.00 bits per heavy atom. The molecule has 102 valence electrons. The second-order valence-electron chi connectivity index (χ2n) is 5.19. The van der Waals surface area contributed by atoms with Gasteiger partial charge in [0, 0.05) is 0 Å². The lowest BCUT2D eigenvalue weighted by Gasteiger charge is -2.19. The van der Waals surface area contributed by atoms with Crippen LogP contribution in [0.3, 0.4) is 0 Å². The van der Waals surface area contributed by atoms with Crippen molar-refractivity contribution in [3.8, 4) is 11.8 Å². The maximum Gasteiger partial charge on any atom is 0.163 e. The second kappa shape index (κ2) is 6.35. The van der Waals surface area contributed by atoms with E-state index in [1.807, 2.05) is 26.8 Å². The largest absolute Gasteiger partial charge is 0.490 e. The summed E-state index contributed by atoms with van der Waals surface area (Å²) in [6.07, 6.45) is 0. The minimum atomic E-state index is -0.221. The van der Waals surface area contributed by atoms with Crippen LogP contribution < -0.4 is 4.74 Å². The number of benzene rings is 1. The molecule has 19 heavy (non-hydrogen) atoms. The van der Waals surface area contributed by atoms with Crippen LogP contribution >= 0.6 is 0 Å². The molecule has 0 radical (unpaired) electrons. The molecule has 0 N–H and O–H groups in total. The van der Waals surface area contributed by atoms with E-state index in [9.17, 15) is 4.79 Å². The number of carbonyl (C=O) groups excluding carboxylic acids is 1. The topological polar surface area (TPSA) is 59.3 Å². The van der Waals surface area contributed by atoms with Gasteiger partial charge in [0.15, 0.2) is 5.78 Å². The highest BCUT2D eigenvalue weighted by Gasteiger charge is 2.12. The fourth-order valence-electron chi connectivity index (χ4n) is 1.50. The van der Waals surface area contributed by atoms with E-state index < -0.39 is 0 Å². The number of ketones is 1. The summed E-state index contributed by atoms with van der Waals surface area (Å²) in [4.78, 5) is 11.5. The molecule has 0 saturated carbocycles. The van der Waals surface area contributed by atoms with Gasteiger partial charge >= 0.3 is 0 Å². The summed E-state index contributed by atoms with van der Waals surface area (Å²) in [6, 6.07) is 6.82. The molecule has 0 unspecified atom stereocenters. The average Bonchev–Trinajstić information content (AvgIpc) is 2.33. The van der Waals surface area contributed by atoms with Crippen LogP contribution in [0.2, 0.25) is 0 Å². The Hall–Kier alpha value is -1.86. The van der Waals surface area contributed by atoms with Crippen molar-refractivity contribution in [2.75, 3.05) is 13.2 Å². The van der Waals surface area contributed by atoms with Crippen LogP contribution in [0, 0.1) is 11.3 Å². The number of hydrogen-bond acceptors (Lipinski definition) is 4. The molecular weight excluding hydrogens is 242 g/mol. The summed E-state index contributed by atoms with van der Waals surface area (Å²) < 4.78 is 11.1. The Bertz CT molecular complexity index is 495. The van der Waals surface area contributed by atoms with Gasteiger partial charge in [-0.1, -0.05) is 0 Å². The van der Waals surface area contributed by atoms with Gasteiger partial charge in [0.1, 0.15) is 12.4 Å². The van der Waals surface area contributed by atoms with Gasteiger partial charge in [-0.3, -0.25) is 4.79 Å². The monoisotopic (exact) mass is 261 g/mol. The summed E-state index contributed by atoms with van der Waals surface area (Å²) in [5.74, 6) is 0.347. The fourth-order valence-corrected chi connectivity index (χ4v) is 1.50. The first-order chi connectivity index (χ1) is 8.83. The predicted octanol–water partition coefficient (Wildman–Crippen LogP) is 2.95. The van der Waals surface area contributed by atoms with Gasteiger partial charge in [0.25, 0.3) is 0 Å². The molecule has 0 aliphatic heterocycles. The Labute approximate surface area is 113 Å². The second-order valence-corrected chi connectivity index (χ2v) is 5.19. The van der Waals surface area contributed by atoms with E-state index in [2.05, 4.69) is 0 Å². The Morgan fingerprint density at radius 3 is 2.53 bits per heavy atom. The number of hydrogen-bond donors (Lipinski definition) is 0. The van der Waals surface area contributed by atoms with Crippen LogP contribution in [0.25, 0.3) is 0 Å². The number of Topliss-reactive ketones (excluding diaryl/α,β-unsaturated/α-hetero) is 1. The quantitative estimate of drug-likeness (QED) is 0.604. The molecule has 0 saturated heterocycles. The van der Waals surface area contributed by atoms with Crippen molar-refractivity contribution >= 4 is 5.78 Å². The van der Waals surface area contributed by atoms with E-state index in [0.29, 0.717) is 30.1 Å². The first-order valence-corrected chi connectivity index (χ1v) is 6.15. The van der Waals surface area contributed by atoms with Crippen LogP contribution in [0.4, 0.5) is 0 Å². The molecule has 4 heteroatoms. The zero-order valence-corrected chi connectivity index (χ0v) is 11.8. The van der Waals surface area contributed by atoms with Gasteiger partial charge in [-0.05, 0) is 45.9 Å². The smallest absolute Gasteiger partial charge is 0.163 e. The fraction of sp³-hybridized carbons (Fsp3) is 0.467. The van der Waals surface area contributed by atoms with E-state index in [-0.39, 0.29) is 11.4 Å². The lowest BCUT2D eigenvalue weighted by Crippen LogP contribution is -2.22. The summed E-state index contributed by atoms with van der Waals surface area (Å²) in [6.45, 7) is 8.13. The van der Waals surface area contributed by atoms with Gasteiger partial charge < -0.3 is 9.47 Å². The maximum absolute atomic E-state index is 11.5. The van der Waals surface area contributed by atoms with Gasteiger partial charge in [0.2, 0.25) is 0 Å². The van der Waals surface area contributed by atoms with Crippen LogP contribution in [0.5, 0.6) is 5.75 Å². The van der Waals surface area contributed by atoms with E-state index in [4.69, 9.17) is 14.7 Å². The first kappa shape index (κ1) is 15.2. The molecular formula is C15H19NO3. The van der Waals surface area contributed by atoms with E-state index in [1.54, 1.807) is 18.2 Å². The number of nitriles is 1. The standard InChI is InChI=1S/C15H19NO3/c1-11(17)13-6-5-12(10-16)9-14(13)18-7-8-19-15(2,3)4/h5-6,9H,7-8H2,1-4H3. The summed E-state index contributed by atoms with van der Waals surface area (Å²) >= 11 is 0. The summed E-state index contributed by atoms with van der Waals surface area (Å²) in [5.41, 5.74) is 0.729. The highest BCUT2D eigenvalue weighted by molar-refractivity contribution is 5.97. The molecule has 0 aromatic heterocycles. The minimum absolute atomic E-state index is 0.0868. The molecule has 1 rings (SSSR count). The van der Waals surface area contributed by atoms with Gasteiger partial charge in [0.05, 0.1) is 29.4 Å². The Morgan fingerprint density at radius 1 is 1.32 bits per heavy atom. The van der Waals surface area contributed by atoms with Crippen LogP contribution in [0.15, 0.2) is 18.2 Å². The SMILES string of the molecule is CC(=O)c1ccc(C#N)cc1OCCOC(C)(C)C. The molecule has 0 spiro atoms. The van der Waals surface area contributed by atoms with Gasteiger partial charge in [-0.2, -0.15) is 5.26 Å². The molecule has 0 aliphatic carbocycles. The molecule has 4 nitrogen and oxygen atoms in total. The van der Waals surface area contributed by atoms with E-state index in [0.717, 1.165) is 0 Å². The number of rotatable bonds is 5. The van der Waals surface area contributed by atoms with Crippen molar-refractivity contribution < 1.29 is 14.3 Å². The molecule has 0 aliphatic rings. The minimum Gasteiger partial charge on any atom is -0.490 e. The highest BCUT2D eigenvalue weighted by atomic mass is 16.5. The molecule has 0 fully saturated rings. The Balaban J connectivity index is 2.71. The highest BCUT2D eigenvalue weighted by Crippen LogP contribution is 2.21. The zero-order chi connectivity index (χ0) is 14.5. The first-order valence-electron chi connectivity index (χ1n) is 6.15. The number of carbonyl (C=O) groups is 1. The lowest BCUT2D eigenvalue weighted by molar-refractivity contribution is -0.0163. The van der Waals surface area contributed by atoms with Crippen molar-refractivity contribution in [1.82, 2.24) is 0 Å². The van der Waals surface area contributed by atoms with Crippen molar-refractivity contribution in [3.63, 3.8) is 0 Å². The van der Waals surface area contributed by atoms with E-state index >= 15 is 0 Å². The normalized spacial score (nSPS) is 10.9. The number of nitrogens with zero attached hydrogens (tertiary/aromatic N) is 1. The van der Waals surface area contributed by atoms with Gasteiger partial charge in [-0.15, -0.1) is 0 Å². The maximum atomic E-state index is 11.5.